The predicted octanol–water partition coefficient (Wildman–Crippen LogP) is 3.74. The Labute approximate surface area is 147 Å². The average Bonchev–Trinajstić information content (AvgIpc) is 2.62. The van der Waals surface area contributed by atoms with Crippen LogP contribution in [-0.4, -0.2) is 28.0 Å². The maximum absolute atomic E-state index is 12.7. The normalized spacial score (nSPS) is 15.0. The molecule has 122 valence electrons. The molecule has 3 aromatic rings. The van der Waals surface area contributed by atoms with Gasteiger partial charge in [0, 0.05) is 23.8 Å². The van der Waals surface area contributed by atoms with Gasteiger partial charge in [-0.25, -0.2) is 4.98 Å². The first kappa shape index (κ1) is 15.3. The summed E-state index contributed by atoms with van der Waals surface area (Å²) in [6.45, 7) is 1.86. The Morgan fingerprint density at radius 1 is 1.04 bits per heavy atom. The number of hydrogen-bond donors (Lipinski definition) is 1. The molecule has 1 N–H and O–H groups in total. The summed E-state index contributed by atoms with van der Waals surface area (Å²) in [5.41, 5.74) is 2.20. The van der Waals surface area contributed by atoms with Gasteiger partial charge in [-0.2, -0.15) is 4.98 Å². The lowest BCUT2D eigenvalue weighted by molar-refractivity contribution is 0.568. The van der Waals surface area contributed by atoms with Crippen molar-refractivity contribution in [1.82, 2.24) is 15.0 Å². The minimum Gasteiger partial charge on any atom is -0.342 e. The van der Waals surface area contributed by atoms with Gasteiger partial charge in [0.15, 0.2) is 5.65 Å². The molecule has 24 heavy (non-hydrogen) atoms. The van der Waals surface area contributed by atoms with E-state index in [1.54, 1.807) is 6.20 Å². The molecule has 0 unspecified atom stereocenters. The summed E-state index contributed by atoms with van der Waals surface area (Å²) >= 11 is 3.44. The smallest absolute Gasteiger partial charge is 0.262 e. The van der Waals surface area contributed by atoms with Crippen LogP contribution in [0.25, 0.3) is 22.2 Å². The van der Waals surface area contributed by atoms with Crippen LogP contribution >= 0.6 is 15.9 Å². The van der Waals surface area contributed by atoms with Gasteiger partial charge >= 0.3 is 0 Å². The van der Waals surface area contributed by atoms with E-state index in [-0.39, 0.29) is 5.56 Å². The number of piperidine rings is 1. The number of hydrogen-bond acceptors (Lipinski definition) is 4. The van der Waals surface area contributed by atoms with Crippen LogP contribution in [0.5, 0.6) is 0 Å². The van der Waals surface area contributed by atoms with Crippen molar-refractivity contribution >= 4 is 32.9 Å². The van der Waals surface area contributed by atoms with Gasteiger partial charge in [-0.1, -0.05) is 28.1 Å². The highest BCUT2D eigenvalue weighted by Crippen LogP contribution is 2.26. The van der Waals surface area contributed by atoms with E-state index in [4.69, 9.17) is 0 Å². The first-order valence-corrected chi connectivity index (χ1v) is 8.91. The van der Waals surface area contributed by atoms with Crippen molar-refractivity contribution in [3.05, 3.63) is 51.4 Å². The molecule has 0 spiro atoms. The molecule has 3 heterocycles. The molecule has 0 amide bonds. The number of rotatable bonds is 2. The number of H-pyrrole nitrogens is 1. The lowest BCUT2D eigenvalue weighted by Gasteiger charge is -2.27. The average molecular weight is 385 g/mol. The van der Waals surface area contributed by atoms with E-state index in [1.165, 1.54) is 6.42 Å². The van der Waals surface area contributed by atoms with E-state index in [1.807, 2.05) is 30.3 Å². The summed E-state index contributed by atoms with van der Waals surface area (Å²) in [6, 6.07) is 9.76. The van der Waals surface area contributed by atoms with Crippen molar-refractivity contribution in [2.24, 2.45) is 0 Å². The van der Waals surface area contributed by atoms with Gasteiger partial charge in [-0.15, -0.1) is 0 Å². The second kappa shape index (κ2) is 6.36. The van der Waals surface area contributed by atoms with E-state index >= 15 is 0 Å². The van der Waals surface area contributed by atoms with Gasteiger partial charge in [0.1, 0.15) is 0 Å². The van der Waals surface area contributed by atoms with Gasteiger partial charge in [-0.3, -0.25) is 9.78 Å². The van der Waals surface area contributed by atoms with Gasteiger partial charge in [0.05, 0.1) is 5.39 Å². The Morgan fingerprint density at radius 3 is 2.54 bits per heavy atom. The number of pyridine rings is 1. The summed E-state index contributed by atoms with van der Waals surface area (Å²) in [7, 11) is 0. The van der Waals surface area contributed by atoms with Crippen molar-refractivity contribution in [2.75, 3.05) is 18.0 Å². The van der Waals surface area contributed by atoms with Crippen LogP contribution in [-0.2, 0) is 0 Å². The summed E-state index contributed by atoms with van der Waals surface area (Å²) in [5, 5.41) is 0.542. The molecular formula is C18H17BrN4O. The SMILES string of the molecule is O=c1[nH]c(N2CCCCC2)nc2nccc(-c3ccc(Br)cc3)c12. The topological polar surface area (TPSA) is 61.9 Å². The minimum atomic E-state index is -0.133. The van der Waals surface area contributed by atoms with Gasteiger partial charge in [0.2, 0.25) is 5.95 Å². The molecule has 1 aliphatic rings. The molecule has 0 radical (unpaired) electrons. The summed E-state index contributed by atoms with van der Waals surface area (Å²) < 4.78 is 1.00. The van der Waals surface area contributed by atoms with Crippen LogP contribution in [0.3, 0.4) is 0 Å². The largest absolute Gasteiger partial charge is 0.342 e. The number of nitrogens with zero attached hydrogens (tertiary/aromatic N) is 3. The van der Waals surface area contributed by atoms with E-state index in [2.05, 4.69) is 35.8 Å². The fourth-order valence-electron chi connectivity index (χ4n) is 3.18. The van der Waals surface area contributed by atoms with Gasteiger partial charge in [0.25, 0.3) is 5.56 Å². The fraction of sp³-hybridized carbons (Fsp3) is 0.278. The molecule has 1 fully saturated rings. The molecule has 1 saturated heterocycles. The van der Waals surface area contributed by atoms with E-state index in [0.29, 0.717) is 17.0 Å². The van der Waals surface area contributed by atoms with Crippen molar-refractivity contribution < 1.29 is 0 Å². The van der Waals surface area contributed by atoms with Crippen LogP contribution in [0.1, 0.15) is 19.3 Å². The van der Waals surface area contributed by atoms with E-state index in [0.717, 1.165) is 41.5 Å². The zero-order chi connectivity index (χ0) is 16.5. The monoisotopic (exact) mass is 384 g/mol. The van der Waals surface area contributed by atoms with Crippen LogP contribution in [0.15, 0.2) is 45.8 Å². The zero-order valence-electron chi connectivity index (χ0n) is 13.1. The Kier molecular flexibility index (Phi) is 4.06. The molecule has 5 nitrogen and oxygen atoms in total. The molecule has 0 aliphatic carbocycles. The minimum absolute atomic E-state index is 0.133. The molecule has 2 aromatic heterocycles. The van der Waals surface area contributed by atoms with Crippen molar-refractivity contribution in [2.45, 2.75) is 19.3 Å². The number of aromatic nitrogens is 3. The summed E-state index contributed by atoms with van der Waals surface area (Å²) in [4.78, 5) is 26.8. The number of halogens is 1. The maximum Gasteiger partial charge on any atom is 0.262 e. The van der Waals surface area contributed by atoms with Crippen molar-refractivity contribution in [1.29, 1.82) is 0 Å². The second-order valence-corrected chi connectivity index (χ2v) is 6.92. The Hall–Kier alpha value is -2.21. The van der Waals surface area contributed by atoms with Crippen LogP contribution in [0, 0.1) is 0 Å². The maximum atomic E-state index is 12.7. The highest BCUT2D eigenvalue weighted by molar-refractivity contribution is 9.10. The molecular weight excluding hydrogens is 368 g/mol. The first-order chi connectivity index (χ1) is 11.7. The molecule has 0 saturated carbocycles. The predicted molar refractivity (Wildman–Crippen MR) is 99.4 cm³/mol. The van der Waals surface area contributed by atoms with Crippen molar-refractivity contribution in [3.8, 4) is 11.1 Å². The van der Waals surface area contributed by atoms with Crippen molar-refractivity contribution in [3.63, 3.8) is 0 Å². The number of benzene rings is 1. The number of aromatic amines is 1. The third kappa shape index (κ3) is 2.82. The first-order valence-electron chi connectivity index (χ1n) is 8.12. The quantitative estimate of drug-likeness (QED) is 0.730. The third-order valence-electron chi connectivity index (χ3n) is 4.41. The van der Waals surface area contributed by atoms with E-state index in [9.17, 15) is 4.79 Å². The van der Waals surface area contributed by atoms with Crippen LogP contribution in [0.2, 0.25) is 0 Å². The third-order valence-corrected chi connectivity index (χ3v) is 4.93. The second-order valence-electron chi connectivity index (χ2n) is 6.00. The molecule has 0 atom stereocenters. The molecule has 0 bridgehead atoms. The molecule has 4 rings (SSSR count). The number of anilines is 1. The summed E-state index contributed by atoms with van der Waals surface area (Å²) in [5.74, 6) is 0.632. The fourth-order valence-corrected chi connectivity index (χ4v) is 3.44. The summed E-state index contributed by atoms with van der Waals surface area (Å²) in [6.07, 6.45) is 5.22. The molecule has 1 aromatic carbocycles. The Morgan fingerprint density at radius 2 is 1.79 bits per heavy atom. The number of nitrogens with one attached hydrogen (secondary N) is 1. The van der Waals surface area contributed by atoms with Gasteiger partial charge < -0.3 is 4.90 Å². The lowest BCUT2D eigenvalue weighted by atomic mass is 10.0. The Bertz CT molecular complexity index is 930. The van der Waals surface area contributed by atoms with E-state index < -0.39 is 0 Å². The Balaban J connectivity index is 1.85. The molecule has 1 aliphatic heterocycles. The number of fused-ring (bicyclic) bond motifs is 1. The highest BCUT2D eigenvalue weighted by atomic mass is 79.9. The van der Waals surface area contributed by atoms with Crippen LogP contribution < -0.4 is 10.5 Å². The highest BCUT2D eigenvalue weighted by Gasteiger charge is 2.16. The van der Waals surface area contributed by atoms with Gasteiger partial charge in [-0.05, 0) is 48.6 Å². The zero-order valence-corrected chi connectivity index (χ0v) is 14.7. The molecule has 6 heteroatoms. The standard InChI is InChI=1S/C18H17BrN4O/c19-13-6-4-12(5-7-13)14-8-9-20-16-15(14)17(24)22-18(21-16)23-10-2-1-3-11-23/h4-9H,1-3,10-11H2,(H,20,21,22,24). The van der Waals surface area contributed by atoms with Crippen LogP contribution in [0.4, 0.5) is 5.95 Å². The lowest BCUT2D eigenvalue weighted by Crippen LogP contribution is -2.32.